The summed E-state index contributed by atoms with van der Waals surface area (Å²) in [4.78, 5) is 0. The number of para-hydroxylation sites is 1. The van der Waals surface area contributed by atoms with E-state index in [1.54, 1.807) is 7.11 Å². The second-order valence-corrected chi connectivity index (χ2v) is 5.27. The summed E-state index contributed by atoms with van der Waals surface area (Å²) in [6.45, 7) is 6.49. The Kier molecular flexibility index (Phi) is 4.80. The molecule has 20 heavy (non-hydrogen) atoms. The predicted molar refractivity (Wildman–Crippen MR) is 84.1 cm³/mol. The standard InChI is InChI=1S/C18H23NO/c1-13-8-7-9-16(12-13)14(2)19-15(3)17-10-5-6-11-18(17)20-4/h5-12,14-15,19H,1-4H3. The third-order valence-electron chi connectivity index (χ3n) is 3.65. The van der Waals surface area contributed by atoms with Gasteiger partial charge in [-0.15, -0.1) is 0 Å². The maximum Gasteiger partial charge on any atom is 0.123 e. The van der Waals surface area contributed by atoms with Crippen LogP contribution in [0.3, 0.4) is 0 Å². The molecule has 2 aromatic carbocycles. The number of nitrogens with one attached hydrogen (secondary N) is 1. The molecule has 0 amide bonds. The van der Waals surface area contributed by atoms with Gasteiger partial charge in [0.25, 0.3) is 0 Å². The molecule has 0 aliphatic carbocycles. The van der Waals surface area contributed by atoms with E-state index in [1.165, 1.54) is 16.7 Å². The molecule has 2 rings (SSSR count). The van der Waals surface area contributed by atoms with E-state index in [4.69, 9.17) is 4.74 Å². The highest BCUT2D eigenvalue weighted by atomic mass is 16.5. The average Bonchev–Trinajstić information content (AvgIpc) is 2.47. The molecule has 2 aromatic rings. The zero-order chi connectivity index (χ0) is 14.5. The van der Waals surface area contributed by atoms with E-state index in [2.05, 4.69) is 56.4 Å². The molecule has 0 bridgehead atoms. The maximum absolute atomic E-state index is 5.43. The van der Waals surface area contributed by atoms with Crippen molar-refractivity contribution < 1.29 is 4.74 Å². The fraction of sp³-hybridized carbons (Fsp3) is 0.333. The number of hydrogen-bond donors (Lipinski definition) is 1. The topological polar surface area (TPSA) is 21.3 Å². The Morgan fingerprint density at radius 2 is 1.70 bits per heavy atom. The zero-order valence-electron chi connectivity index (χ0n) is 12.7. The largest absolute Gasteiger partial charge is 0.496 e. The minimum Gasteiger partial charge on any atom is -0.496 e. The van der Waals surface area contributed by atoms with Crippen LogP contribution in [0.25, 0.3) is 0 Å². The summed E-state index contributed by atoms with van der Waals surface area (Å²) in [5.41, 5.74) is 3.79. The van der Waals surface area contributed by atoms with Crippen LogP contribution in [-0.4, -0.2) is 7.11 Å². The zero-order valence-corrected chi connectivity index (χ0v) is 12.7. The maximum atomic E-state index is 5.43. The van der Waals surface area contributed by atoms with Gasteiger partial charge < -0.3 is 10.1 Å². The van der Waals surface area contributed by atoms with Crippen LogP contribution < -0.4 is 10.1 Å². The Labute approximate surface area is 121 Å². The summed E-state index contributed by atoms with van der Waals surface area (Å²) in [6, 6.07) is 17.3. The Morgan fingerprint density at radius 3 is 2.40 bits per heavy atom. The van der Waals surface area contributed by atoms with Crippen molar-refractivity contribution in [3.8, 4) is 5.75 Å². The van der Waals surface area contributed by atoms with Crippen LogP contribution in [0, 0.1) is 6.92 Å². The Morgan fingerprint density at radius 1 is 0.950 bits per heavy atom. The average molecular weight is 269 g/mol. The summed E-state index contributed by atoms with van der Waals surface area (Å²) in [5, 5.41) is 3.63. The van der Waals surface area contributed by atoms with Crippen molar-refractivity contribution in [1.82, 2.24) is 5.32 Å². The van der Waals surface area contributed by atoms with E-state index in [9.17, 15) is 0 Å². The first kappa shape index (κ1) is 14.6. The van der Waals surface area contributed by atoms with Crippen molar-refractivity contribution in [2.45, 2.75) is 32.9 Å². The molecule has 0 aliphatic rings. The molecule has 0 spiro atoms. The van der Waals surface area contributed by atoms with E-state index >= 15 is 0 Å². The first-order valence-electron chi connectivity index (χ1n) is 7.07. The van der Waals surface area contributed by atoms with Crippen molar-refractivity contribution in [2.24, 2.45) is 0 Å². The highest BCUT2D eigenvalue weighted by Crippen LogP contribution is 2.26. The highest BCUT2D eigenvalue weighted by Gasteiger charge is 2.14. The Hall–Kier alpha value is -1.80. The molecule has 0 saturated carbocycles. The van der Waals surface area contributed by atoms with Crippen molar-refractivity contribution in [2.75, 3.05) is 7.11 Å². The van der Waals surface area contributed by atoms with Crippen LogP contribution in [0.5, 0.6) is 5.75 Å². The Balaban J connectivity index is 2.13. The van der Waals surface area contributed by atoms with Gasteiger partial charge in [-0.1, -0.05) is 48.0 Å². The van der Waals surface area contributed by atoms with E-state index in [0.717, 1.165) is 5.75 Å². The molecule has 1 N–H and O–H groups in total. The summed E-state index contributed by atoms with van der Waals surface area (Å²) < 4.78 is 5.43. The molecule has 2 nitrogen and oxygen atoms in total. The lowest BCUT2D eigenvalue weighted by molar-refractivity contribution is 0.396. The quantitative estimate of drug-likeness (QED) is 0.867. The molecule has 0 radical (unpaired) electrons. The van der Waals surface area contributed by atoms with Crippen molar-refractivity contribution in [3.05, 3.63) is 65.2 Å². The van der Waals surface area contributed by atoms with Crippen LogP contribution in [0.15, 0.2) is 48.5 Å². The fourth-order valence-electron chi connectivity index (χ4n) is 2.52. The fourth-order valence-corrected chi connectivity index (χ4v) is 2.52. The van der Waals surface area contributed by atoms with Gasteiger partial charge in [-0.3, -0.25) is 0 Å². The molecule has 2 atom stereocenters. The third-order valence-corrected chi connectivity index (χ3v) is 3.65. The number of ether oxygens (including phenoxy) is 1. The molecule has 0 fully saturated rings. The number of benzene rings is 2. The number of hydrogen-bond acceptors (Lipinski definition) is 2. The number of aryl methyl sites for hydroxylation is 1. The molecule has 0 saturated heterocycles. The predicted octanol–water partition coefficient (Wildman–Crippen LogP) is 4.42. The van der Waals surface area contributed by atoms with Crippen LogP contribution in [-0.2, 0) is 0 Å². The summed E-state index contributed by atoms with van der Waals surface area (Å²) >= 11 is 0. The second-order valence-electron chi connectivity index (χ2n) is 5.27. The van der Waals surface area contributed by atoms with E-state index in [-0.39, 0.29) is 6.04 Å². The van der Waals surface area contributed by atoms with Gasteiger partial charge >= 0.3 is 0 Å². The molecule has 0 aromatic heterocycles. The first-order chi connectivity index (χ1) is 9.61. The minimum atomic E-state index is 0.238. The van der Waals surface area contributed by atoms with Crippen LogP contribution in [0.4, 0.5) is 0 Å². The van der Waals surface area contributed by atoms with Gasteiger partial charge in [0.15, 0.2) is 0 Å². The van der Waals surface area contributed by atoms with E-state index in [0.29, 0.717) is 6.04 Å². The lowest BCUT2D eigenvalue weighted by Gasteiger charge is -2.22. The molecule has 0 aliphatic heterocycles. The smallest absolute Gasteiger partial charge is 0.123 e. The summed E-state index contributed by atoms with van der Waals surface area (Å²) in [7, 11) is 1.72. The van der Waals surface area contributed by atoms with E-state index < -0.39 is 0 Å². The van der Waals surface area contributed by atoms with Gasteiger partial charge in [0, 0.05) is 17.6 Å². The molecular formula is C18H23NO. The highest BCUT2D eigenvalue weighted by molar-refractivity contribution is 5.36. The molecule has 106 valence electrons. The monoisotopic (exact) mass is 269 g/mol. The van der Waals surface area contributed by atoms with Gasteiger partial charge in [-0.05, 0) is 32.4 Å². The van der Waals surface area contributed by atoms with Gasteiger partial charge in [0.1, 0.15) is 5.75 Å². The number of rotatable bonds is 5. The lowest BCUT2D eigenvalue weighted by atomic mass is 10.0. The van der Waals surface area contributed by atoms with Crippen molar-refractivity contribution in [3.63, 3.8) is 0 Å². The van der Waals surface area contributed by atoms with Gasteiger partial charge in [-0.2, -0.15) is 0 Å². The van der Waals surface area contributed by atoms with Crippen LogP contribution in [0.1, 0.15) is 42.6 Å². The van der Waals surface area contributed by atoms with Gasteiger partial charge in [-0.25, -0.2) is 0 Å². The van der Waals surface area contributed by atoms with Crippen molar-refractivity contribution >= 4 is 0 Å². The minimum absolute atomic E-state index is 0.238. The molecule has 0 heterocycles. The first-order valence-corrected chi connectivity index (χ1v) is 7.07. The van der Waals surface area contributed by atoms with Crippen LogP contribution >= 0.6 is 0 Å². The van der Waals surface area contributed by atoms with Crippen molar-refractivity contribution in [1.29, 1.82) is 0 Å². The molecular weight excluding hydrogens is 246 g/mol. The number of methoxy groups -OCH3 is 1. The summed E-state index contributed by atoms with van der Waals surface area (Å²) in [6.07, 6.45) is 0. The lowest BCUT2D eigenvalue weighted by Crippen LogP contribution is -2.22. The third kappa shape index (κ3) is 3.40. The van der Waals surface area contributed by atoms with Gasteiger partial charge in [0.05, 0.1) is 7.11 Å². The molecule has 2 unspecified atom stereocenters. The normalized spacial score (nSPS) is 13.8. The second kappa shape index (κ2) is 6.58. The molecule has 2 heteroatoms. The summed E-state index contributed by atoms with van der Waals surface area (Å²) in [5.74, 6) is 0.934. The van der Waals surface area contributed by atoms with E-state index in [1.807, 2.05) is 18.2 Å². The van der Waals surface area contributed by atoms with Gasteiger partial charge in [0.2, 0.25) is 0 Å². The van der Waals surface area contributed by atoms with Crippen LogP contribution in [0.2, 0.25) is 0 Å². The SMILES string of the molecule is COc1ccccc1C(C)NC(C)c1cccc(C)c1. The Bertz CT molecular complexity index is 565.